The second kappa shape index (κ2) is 5.08. The number of rotatable bonds is 2. The lowest BCUT2D eigenvalue weighted by molar-refractivity contribution is -0.142. The third-order valence-electron chi connectivity index (χ3n) is 4.17. The number of ether oxygens (including phenoxy) is 1. The fourth-order valence-corrected chi connectivity index (χ4v) is 3.43. The maximum atomic E-state index is 13.7. The summed E-state index contributed by atoms with van der Waals surface area (Å²) < 4.78 is 18.5. The second-order valence-electron chi connectivity index (χ2n) is 6.19. The van der Waals surface area contributed by atoms with Gasteiger partial charge in [0.15, 0.2) is 0 Å². The third-order valence-corrected chi connectivity index (χ3v) is 4.17. The summed E-state index contributed by atoms with van der Waals surface area (Å²) >= 11 is 0. The first-order valence-corrected chi connectivity index (χ1v) is 6.94. The molecule has 1 aromatic carbocycles. The molecule has 1 aromatic rings. The van der Waals surface area contributed by atoms with E-state index in [0.29, 0.717) is 5.92 Å². The number of benzene rings is 1. The number of hydrogen-bond donors (Lipinski definition) is 0. The lowest BCUT2D eigenvalue weighted by Crippen LogP contribution is -2.55. The molecule has 0 spiro atoms. The summed E-state index contributed by atoms with van der Waals surface area (Å²) in [6.07, 6.45) is 0.910. The fraction of sp³-hybridized carbons (Fsp3) is 0.562. The minimum atomic E-state index is -0.442. The van der Waals surface area contributed by atoms with Crippen LogP contribution < -0.4 is 4.90 Å². The van der Waals surface area contributed by atoms with Gasteiger partial charge in [0.05, 0.1) is 7.11 Å². The Kier molecular flexibility index (Phi) is 3.76. The SMILES string of the molecule is COC(=O)[C@H](C)N1c2cc(F)ccc2[C@H](C)CC1(C)C. The molecule has 2 rings (SSSR count). The van der Waals surface area contributed by atoms with Gasteiger partial charge in [0.1, 0.15) is 11.9 Å². The molecule has 0 fully saturated rings. The lowest BCUT2D eigenvalue weighted by Gasteiger charge is -2.49. The highest BCUT2D eigenvalue weighted by molar-refractivity contribution is 5.81. The second-order valence-corrected chi connectivity index (χ2v) is 6.19. The van der Waals surface area contributed by atoms with Crippen molar-refractivity contribution in [2.24, 2.45) is 0 Å². The molecule has 1 aliphatic rings. The van der Waals surface area contributed by atoms with Crippen molar-refractivity contribution in [3.63, 3.8) is 0 Å². The van der Waals surface area contributed by atoms with Crippen LogP contribution in [0, 0.1) is 5.82 Å². The van der Waals surface area contributed by atoms with Crippen molar-refractivity contribution in [2.75, 3.05) is 12.0 Å². The van der Waals surface area contributed by atoms with Gasteiger partial charge in [0.25, 0.3) is 0 Å². The average molecular weight is 279 g/mol. The minimum Gasteiger partial charge on any atom is -0.467 e. The zero-order chi connectivity index (χ0) is 15.1. The van der Waals surface area contributed by atoms with Crippen molar-refractivity contribution in [2.45, 2.75) is 51.6 Å². The number of hydrogen-bond acceptors (Lipinski definition) is 3. The molecule has 0 radical (unpaired) electrons. The van der Waals surface area contributed by atoms with Gasteiger partial charge in [-0.3, -0.25) is 0 Å². The normalized spacial score (nSPS) is 22.1. The van der Waals surface area contributed by atoms with Crippen LogP contribution in [0.5, 0.6) is 0 Å². The van der Waals surface area contributed by atoms with Crippen LogP contribution in [0.4, 0.5) is 10.1 Å². The topological polar surface area (TPSA) is 29.5 Å². The number of anilines is 1. The highest BCUT2D eigenvalue weighted by Gasteiger charge is 2.41. The Hall–Kier alpha value is -1.58. The zero-order valence-corrected chi connectivity index (χ0v) is 12.7. The number of halogens is 1. The van der Waals surface area contributed by atoms with Gasteiger partial charge in [-0.2, -0.15) is 0 Å². The van der Waals surface area contributed by atoms with Crippen molar-refractivity contribution >= 4 is 11.7 Å². The number of esters is 1. The molecule has 0 aromatic heterocycles. The number of fused-ring (bicyclic) bond motifs is 1. The monoisotopic (exact) mass is 279 g/mol. The van der Waals surface area contributed by atoms with E-state index in [4.69, 9.17) is 4.74 Å². The largest absolute Gasteiger partial charge is 0.467 e. The molecule has 2 atom stereocenters. The third kappa shape index (κ3) is 2.39. The van der Waals surface area contributed by atoms with Crippen LogP contribution in [0.25, 0.3) is 0 Å². The molecule has 110 valence electrons. The summed E-state index contributed by atoms with van der Waals surface area (Å²) in [6.45, 7) is 8.10. The molecule has 0 bridgehead atoms. The number of methoxy groups -OCH3 is 1. The lowest BCUT2D eigenvalue weighted by atomic mass is 9.79. The number of carbonyl (C=O) groups excluding carboxylic acids is 1. The van der Waals surface area contributed by atoms with Gasteiger partial charge in [-0.05, 0) is 50.8 Å². The Morgan fingerprint density at radius 1 is 1.50 bits per heavy atom. The smallest absolute Gasteiger partial charge is 0.328 e. The first kappa shape index (κ1) is 14.8. The van der Waals surface area contributed by atoms with E-state index in [1.54, 1.807) is 6.92 Å². The Balaban J connectivity index is 2.56. The van der Waals surface area contributed by atoms with Gasteiger partial charge < -0.3 is 9.64 Å². The molecule has 0 N–H and O–H groups in total. The Labute approximate surface area is 119 Å². The fourth-order valence-electron chi connectivity index (χ4n) is 3.43. The summed E-state index contributed by atoms with van der Waals surface area (Å²) in [5, 5.41) is 0. The molecule has 20 heavy (non-hydrogen) atoms. The van der Waals surface area contributed by atoms with Crippen LogP contribution >= 0.6 is 0 Å². The highest BCUT2D eigenvalue weighted by Crippen LogP contribution is 2.44. The van der Waals surface area contributed by atoms with Gasteiger partial charge >= 0.3 is 5.97 Å². The van der Waals surface area contributed by atoms with Crippen molar-refractivity contribution in [1.29, 1.82) is 0 Å². The van der Waals surface area contributed by atoms with Crippen LogP contribution in [0.15, 0.2) is 18.2 Å². The summed E-state index contributed by atoms with van der Waals surface area (Å²) in [4.78, 5) is 13.9. The Morgan fingerprint density at radius 2 is 2.15 bits per heavy atom. The molecule has 4 heteroatoms. The van der Waals surface area contributed by atoms with E-state index in [-0.39, 0.29) is 17.3 Å². The van der Waals surface area contributed by atoms with Gasteiger partial charge in [0, 0.05) is 11.2 Å². The van der Waals surface area contributed by atoms with Crippen molar-refractivity contribution < 1.29 is 13.9 Å². The van der Waals surface area contributed by atoms with E-state index < -0.39 is 6.04 Å². The van der Waals surface area contributed by atoms with Crippen LogP contribution in [-0.4, -0.2) is 24.7 Å². The average Bonchev–Trinajstić information content (AvgIpc) is 2.35. The van der Waals surface area contributed by atoms with E-state index in [0.717, 1.165) is 17.7 Å². The molecule has 0 unspecified atom stereocenters. The number of nitrogens with zero attached hydrogens (tertiary/aromatic N) is 1. The molecule has 0 saturated heterocycles. The van der Waals surface area contributed by atoms with Crippen molar-refractivity contribution in [3.8, 4) is 0 Å². The quantitative estimate of drug-likeness (QED) is 0.776. The molecular weight excluding hydrogens is 257 g/mol. The zero-order valence-electron chi connectivity index (χ0n) is 12.7. The summed E-state index contributed by atoms with van der Waals surface area (Å²) in [6, 6.07) is 4.38. The minimum absolute atomic E-state index is 0.228. The van der Waals surface area contributed by atoms with E-state index in [1.165, 1.54) is 19.2 Å². The van der Waals surface area contributed by atoms with Gasteiger partial charge in [0.2, 0.25) is 0 Å². The van der Waals surface area contributed by atoms with Crippen LogP contribution in [0.1, 0.15) is 45.6 Å². The Morgan fingerprint density at radius 3 is 2.75 bits per heavy atom. The van der Waals surface area contributed by atoms with Crippen LogP contribution in [0.3, 0.4) is 0 Å². The summed E-state index contributed by atoms with van der Waals surface area (Å²) in [5.41, 5.74) is 1.65. The predicted octanol–water partition coefficient (Wildman–Crippen LogP) is 3.48. The first-order chi connectivity index (χ1) is 9.27. The first-order valence-electron chi connectivity index (χ1n) is 6.94. The van der Waals surface area contributed by atoms with Gasteiger partial charge in [-0.25, -0.2) is 9.18 Å². The molecule has 0 aliphatic carbocycles. The van der Waals surface area contributed by atoms with E-state index in [2.05, 4.69) is 20.8 Å². The molecule has 3 nitrogen and oxygen atoms in total. The van der Waals surface area contributed by atoms with Crippen molar-refractivity contribution in [1.82, 2.24) is 0 Å². The number of carbonyl (C=O) groups is 1. The molecule has 0 amide bonds. The maximum Gasteiger partial charge on any atom is 0.328 e. The molecule has 1 aliphatic heterocycles. The summed E-state index contributed by atoms with van der Waals surface area (Å²) in [7, 11) is 1.38. The van der Waals surface area contributed by atoms with Gasteiger partial charge in [-0.1, -0.05) is 13.0 Å². The van der Waals surface area contributed by atoms with E-state index in [9.17, 15) is 9.18 Å². The summed E-state index contributed by atoms with van der Waals surface area (Å²) in [5.74, 6) is -0.250. The van der Waals surface area contributed by atoms with Crippen LogP contribution in [-0.2, 0) is 9.53 Å². The molecule has 0 saturated carbocycles. The predicted molar refractivity (Wildman–Crippen MR) is 77.5 cm³/mol. The Bertz CT molecular complexity index is 527. The van der Waals surface area contributed by atoms with Crippen molar-refractivity contribution in [3.05, 3.63) is 29.6 Å². The van der Waals surface area contributed by atoms with Crippen LogP contribution in [0.2, 0.25) is 0 Å². The molecular formula is C16H22FNO2. The van der Waals surface area contributed by atoms with E-state index in [1.807, 2.05) is 11.0 Å². The highest BCUT2D eigenvalue weighted by atomic mass is 19.1. The molecule has 1 heterocycles. The van der Waals surface area contributed by atoms with Gasteiger partial charge in [-0.15, -0.1) is 0 Å². The van der Waals surface area contributed by atoms with E-state index >= 15 is 0 Å². The standard InChI is InChI=1S/C16H22FNO2/c1-10-9-16(3,4)18(11(2)15(19)20-5)14-8-12(17)6-7-13(10)14/h6-8,10-11H,9H2,1-5H3/t10-,11+/m1/s1. The maximum absolute atomic E-state index is 13.7.